The fourth-order valence-corrected chi connectivity index (χ4v) is 3.05. The summed E-state index contributed by atoms with van der Waals surface area (Å²) < 4.78 is 1.89. The lowest BCUT2D eigenvalue weighted by atomic mass is 9.91. The Balaban J connectivity index is 1.66. The van der Waals surface area contributed by atoms with Crippen LogP contribution in [0.15, 0.2) is 12.4 Å². The third-order valence-corrected chi connectivity index (χ3v) is 3.78. The fourth-order valence-electron chi connectivity index (χ4n) is 3.05. The maximum Gasteiger partial charge on any atom is 0.0692 e. The first-order chi connectivity index (χ1) is 8.07. The number of hydrogen-bond donors (Lipinski definition) is 1. The van der Waals surface area contributed by atoms with Gasteiger partial charge in [-0.05, 0) is 37.1 Å². The van der Waals surface area contributed by atoms with Crippen LogP contribution in [0.5, 0.6) is 0 Å². The van der Waals surface area contributed by atoms with E-state index in [4.69, 9.17) is 0 Å². The summed E-state index contributed by atoms with van der Waals surface area (Å²) in [6.45, 7) is 9.15. The van der Waals surface area contributed by atoms with Gasteiger partial charge in [-0.15, -0.1) is 5.10 Å². The van der Waals surface area contributed by atoms with Crippen LogP contribution in [0.3, 0.4) is 0 Å². The number of nitrogens with one attached hydrogen (secondary N) is 1. The van der Waals surface area contributed by atoms with Gasteiger partial charge < -0.3 is 5.32 Å². The van der Waals surface area contributed by atoms with Crippen LogP contribution in [0, 0.1) is 11.3 Å². The molecule has 96 valence electrons. The number of aryl methyl sites for hydroxylation is 1. The molecule has 0 spiro atoms. The van der Waals surface area contributed by atoms with Gasteiger partial charge in [-0.2, -0.15) is 0 Å². The molecule has 0 aliphatic heterocycles. The van der Waals surface area contributed by atoms with Gasteiger partial charge in [0.1, 0.15) is 0 Å². The summed E-state index contributed by atoms with van der Waals surface area (Å²) >= 11 is 0. The first kappa shape index (κ1) is 12.6. The van der Waals surface area contributed by atoms with Gasteiger partial charge in [-0.3, -0.25) is 4.68 Å². The summed E-state index contributed by atoms with van der Waals surface area (Å²) in [5.74, 6) is 0.802. The molecule has 4 heteroatoms. The van der Waals surface area contributed by atoms with Gasteiger partial charge in [-0.25, -0.2) is 0 Å². The molecule has 0 bridgehead atoms. The molecule has 0 unspecified atom stereocenters. The molecule has 0 saturated heterocycles. The van der Waals surface area contributed by atoms with Crippen LogP contribution in [0.1, 0.15) is 40.0 Å². The summed E-state index contributed by atoms with van der Waals surface area (Å²) in [6, 6.07) is 0.695. The van der Waals surface area contributed by atoms with E-state index in [0.29, 0.717) is 11.5 Å². The van der Waals surface area contributed by atoms with Crippen molar-refractivity contribution in [3.05, 3.63) is 12.4 Å². The first-order valence-electron chi connectivity index (χ1n) is 6.64. The van der Waals surface area contributed by atoms with Gasteiger partial charge in [0.05, 0.1) is 6.20 Å². The van der Waals surface area contributed by atoms with Crippen molar-refractivity contribution in [3.8, 4) is 0 Å². The molecule has 0 radical (unpaired) electrons. The summed E-state index contributed by atoms with van der Waals surface area (Å²) in [4.78, 5) is 0. The second kappa shape index (κ2) is 5.17. The van der Waals surface area contributed by atoms with Gasteiger partial charge in [0, 0.05) is 18.8 Å². The topological polar surface area (TPSA) is 42.7 Å². The van der Waals surface area contributed by atoms with Crippen molar-refractivity contribution >= 4 is 0 Å². The molecule has 17 heavy (non-hydrogen) atoms. The van der Waals surface area contributed by atoms with E-state index < -0.39 is 0 Å². The van der Waals surface area contributed by atoms with E-state index in [0.717, 1.165) is 25.4 Å². The average Bonchev–Trinajstić information content (AvgIpc) is 2.81. The van der Waals surface area contributed by atoms with Crippen molar-refractivity contribution < 1.29 is 0 Å². The van der Waals surface area contributed by atoms with Crippen molar-refractivity contribution in [1.82, 2.24) is 20.3 Å². The Morgan fingerprint density at radius 1 is 1.41 bits per heavy atom. The van der Waals surface area contributed by atoms with Crippen molar-refractivity contribution in [3.63, 3.8) is 0 Å². The molecule has 1 aromatic rings. The predicted octanol–water partition coefficient (Wildman–Crippen LogP) is 2.08. The van der Waals surface area contributed by atoms with Crippen molar-refractivity contribution in [2.45, 2.75) is 52.6 Å². The fraction of sp³-hybridized carbons (Fsp3) is 0.846. The van der Waals surface area contributed by atoms with Crippen molar-refractivity contribution in [2.24, 2.45) is 11.3 Å². The van der Waals surface area contributed by atoms with Gasteiger partial charge in [0.15, 0.2) is 0 Å². The van der Waals surface area contributed by atoms with Crippen LogP contribution < -0.4 is 5.32 Å². The quantitative estimate of drug-likeness (QED) is 0.796. The van der Waals surface area contributed by atoms with Crippen molar-refractivity contribution in [2.75, 3.05) is 6.54 Å². The molecule has 2 atom stereocenters. The van der Waals surface area contributed by atoms with E-state index in [-0.39, 0.29) is 0 Å². The van der Waals surface area contributed by atoms with Crippen LogP contribution >= 0.6 is 0 Å². The lowest BCUT2D eigenvalue weighted by Crippen LogP contribution is -2.32. The third kappa shape index (κ3) is 3.53. The van der Waals surface area contributed by atoms with E-state index >= 15 is 0 Å². The number of nitrogens with zero attached hydrogens (tertiary/aromatic N) is 3. The molecular formula is C13H24N4. The normalized spacial score (nSPS) is 27.5. The molecule has 4 nitrogen and oxygen atoms in total. The Morgan fingerprint density at radius 3 is 2.82 bits per heavy atom. The van der Waals surface area contributed by atoms with Gasteiger partial charge in [-0.1, -0.05) is 26.0 Å². The van der Waals surface area contributed by atoms with Crippen LogP contribution in [-0.2, 0) is 6.54 Å². The number of hydrogen-bond acceptors (Lipinski definition) is 3. The lowest BCUT2D eigenvalue weighted by Gasteiger charge is -2.18. The maximum atomic E-state index is 3.96. The van der Waals surface area contributed by atoms with Crippen LogP contribution in [-0.4, -0.2) is 27.6 Å². The summed E-state index contributed by atoms with van der Waals surface area (Å²) in [7, 11) is 0. The van der Waals surface area contributed by atoms with Crippen molar-refractivity contribution in [1.29, 1.82) is 0 Å². The zero-order valence-corrected chi connectivity index (χ0v) is 11.2. The van der Waals surface area contributed by atoms with E-state index in [1.807, 2.05) is 10.9 Å². The van der Waals surface area contributed by atoms with E-state index in [9.17, 15) is 0 Å². The molecule has 1 fully saturated rings. The van der Waals surface area contributed by atoms with Crippen LogP contribution in [0.2, 0.25) is 0 Å². The van der Waals surface area contributed by atoms with Gasteiger partial charge in [0.2, 0.25) is 0 Å². The van der Waals surface area contributed by atoms with E-state index in [1.165, 1.54) is 12.8 Å². The molecule has 0 aromatic carbocycles. The molecule has 1 aromatic heterocycles. The lowest BCUT2D eigenvalue weighted by molar-refractivity contribution is 0.361. The summed E-state index contributed by atoms with van der Waals surface area (Å²) in [6.07, 6.45) is 7.41. The molecule has 0 amide bonds. The highest BCUT2D eigenvalue weighted by molar-refractivity contribution is 4.90. The second-order valence-electron chi connectivity index (χ2n) is 6.13. The standard InChI is InChI=1S/C13H24N4/c1-11-9-13(2,3)10-12(11)14-5-4-7-17-8-6-15-16-17/h6,8,11-12,14H,4-5,7,9-10H2,1-3H3/t11-,12-/m0/s1. The highest BCUT2D eigenvalue weighted by Gasteiger charge is 2.35. The second-order valence-corrected chi connectivity index (χ2v) is 6.13. The van der Waals surface area contributed by atoms with E-state index in [2.05, 4.69) is 36.4 Å². The highest BCUT2D eigenvalue weighted by Crippen LogP contribution is 2.40. The van der Waals surface area contributed by atoms with Crippen LogP contribution in [0.4, 0.5) is 0 Å². The number of aromatic nitrogens is 3. The monoisotopic (exact) mass is 236 g/mol. The third-order valence-electron chi connectivity index (χ3n) is 3.78. The Bertz CT molecular complexity index is 331. The van der Waals surface area contributed by atoms with Gasteiger partial charge in [0.25, 0.3) is 0 Å². The molecular weight excluding hydrogens is 212 g/mol. The highest BCUT2D eigenvalue weighted by atomic mass is 15.4. The minimum Gasteiger partial charge on any atom is -0.314 e. The Hall–Kier alpha value is -0.900. The van der Waals surface area contributed by atoms with Gasteiger partial charge >= 0.3 is 0 Å². The average molecular weight is 236 g/mol. The predicted molar refractivity (Wildman–Crippen MR) is 68.6 cm³/mol. The Morgan fingerprint density at radius 2 is 2.24 bits per heavy atom. The first-order valence-corrected chi connectivity index (χ1v) is 6.64. The molecule has 2 rings (SSSR count). The smallest absolute Gasteiger partial charge is 0.0692 e. The maximum absolute atomic E-state index is 3.96. The molecule has 1 heterocycles. The summed E-state index contributed by atoms with van der Waals surface area (Å²) in [5, 5.41) is 11.5. The molecule has 1 aliphatic carbocycles. The zero-order chi connectivity index (χ0) is 12.3. The minimum absolute atomic E-state index is 0.517. The SMILES string of the molecule is C[C@H]1CC(C)(C)C[C@@H]1NCCCn1ccnn1. The Kier molecular flexibility index (Phi) is 3.82. The molecule has 1 saturated carbocycles. The van der Waals surface area contributed by atoms with E-state index in [1.54, 1.807) is 6.20 Å². The zero-order valence-electron chi connectivity index (χ0n) is 11.2. The number of rotatable bonds is 5. The molecule has 1 N–H and O–H groups in total. The summed E-state index contributed by atoms with van der Waals surface area (Å²) in [5.41, 5.74) is 0.517. The Labute approximate surface area is 104 Å². The minimum atomic E-state index is 0.517. The molecule has 1 aliphatic rings. The van der Waals surface area contributed by atoms with Crippen LogP contribution in [0.25, 0.3) is 0 Å². The largest absolute Gasteiger partial charge is 0.314 e.